The fraction of sp³-hybridized carbons (Fsp3) is 0.889. The monoisotopic (exact) mass is 157 g/mol. The molecule has 2 N–H and O–H groups in total. The van der Waals surface area contributed by atoms with Gasteiger partial charge < -0.3 is 10.2 Å². The van der Waals surface area contributed by atoms with Crippen LogP contribution in [-0.4, -0.2) is 16.3 Å². The molecule has 0 spiro atoms. The van der Waals surface area contributed by atoms with Crippen molar-refractivity contribution in [3.8, 4) is 0 Å². The SMILES string of the molecule is O[CH]CC(O)C1CCCCC1. The Kier molecular flexibility index (Phi) is 3.87. The summed E-state index contributed by atoms with van der Waals surface area (Å²) in [5, 5.41) is 18.0. The molecular formula is C9H17O2. The fourth-order valence-electron chi connectivity index (χ4n) is 1.82. The number of aliphatic hydroxyl groups is 2. The van der Waals surface area contributed by atoms with Crippen LogP contribution in [0.2, 0.25) is 0 Å². The molecule has 0 saturated heterocycles. The van der Waals surface area contributed by atoms with E-state index >= 15 is 0 Å². The molecule has 65 valence electrons. The molecule has 1 fully saturated rings. The normalized spacial score (nSPS) is 23.5. The minimum Gasteiger partial charge on any atom is -0.393 e. The van der Waals surface area contributed by atoms with Gasteiger partial charge in [0.25, 0.3) is 0 Å². The second kappa shape index (κ2) is 4.73. The van der Waals surface area contributed by atoms with Gasteiger partial charge in [-0.3, -0.25) is 0 Å². The standard InChI is InChI=1S/C9H17O2/c10-7-6-9(11)8-4-2-1-3-5-8/h7-11H,1-6H2. The van der Waals surface area contributed by atoms with Gasteiger partial charge in [-0.05, 0) is 18.8 Å². The molecule has 0 heterocycles. The highest BCUT2D eigenvalue weighted by Crippen LogP contribution is 2.27. The summed E-state index contributed by atoms with van der Waals surface area (Å²) in [4.78, 5) is 0. The first kappa shape index (κ1) is 9.01. The average Bonchev–Trinajstić information content (AvgIpc) is 2.07. The van der Waals surface area contributed by atoms with Crippen molar-refractivity contribution >= 4 is 0 Å². The zero-order valence-electron chi connectivity index (χ0n) is 6.87. The van der Waals surface area contributed by atoms with Crippen molar-refractivity contribution in [3.05, 3.63) is 6.61 Å². The number of hydrogen-bond acceptors (Lipinski definition) is 2. The van der Waals surface area contributed by atoms with Gasteiger partial charge in [0.1, 0.15) is 0 Å². The lowest BCUT2D eigenvalue weighted by Gasteiger charge is -2.25. The van der Waals surface area contributed by atoms with Crippen LogP contribution in [0.1, 0.15) is 38.5 Å². The summed E-state index contributed by atoms with van der Waals surface area (Å²) >= 11 is 0. The quantitative estimate of drug-likeness (QED) is 0.656. The molecule has 1 saturated carbocycles. The van der Waals surface area contributed by atoms with Gasteiger partial charge in [-0.15, -0.1) is 0 Å². The Morgan fingerprint density at radius 1 is 1.27 bits per heavy atom. The van der Waals surface area contributed by atoms with Gasteiger partial charge in [0, 0.05) is 6.42 Å². The first-order valence-electron chi connectivity index (χ1n) is 4.48. The second-order valence-electron chi connectivity index (χ2n) is 3.38. The van der Waals surface area contributed by atoms with E-state index in [2.05, 4.69) is 0 Å². The predicted molar refractivity (Wildman–Crippen MR) is 43.4 cm³/mol. The van der Waals surface area contributed by atoms with E-state index in [-0.39, 0.29) is 6.10 Å². The molecule has 1 unspecified atom stereocenters. The molecule has 2 heteroatoms. The van der Waals surface area contributed by atoms with Crippen LogP contribution in [0.4, 0.5) is 0 Å². The van der Waals surface area contributed by atoms with Crippen LogP contribution < -0.4 is 0 Å². The zero-order chi connectivity index (χ0) is 8.10. The van der Waals surface area contributed by atoms with E-state index in [0.717, 1.165) is 19.4 Å². The van der Waals surface area contributed by atoms with Crippen LogP contribution in [0.3, 0.4) is 0 Å². The van der Waals surface area contributed by atoms with Gasteiger partial charge in [0.05, 0.1) is 12.7 Å². The van der Waals surface area contributed by atoms with Gasteiger partial charge in [0.15, 0.2) is 0 Å². The Labute approximate surface area is 68.2 Å². The summed E-state index contributed by atoms with van der Waals surface area (Å²) in [6.45, 7) is 1.07. The molecule has 0 amide bonds. The highest BCUT2D eigenvalue weighted by atomic mass is 16.3. The molecule has 0 aromatic rings. The molecule has 2 nitrogen and oxygen atoms in total. The third-order valence-electron chi connectivity index (χ3n) is 2.54. The number of aliphatic hydroxyl groups excluding tert-OH is 2. The third-order valence-corrected chi connectivity index (χ3v) is 2.54. The largest absolute Gasteiger partial charge is 0.393 e. The summed E-state index contributed by atoms with van der Waals surface area (Å²) in [6, 6.07) is 0. The molecule has 1 rings (SSSR count). The van der Waals surface area contributed by atoms with Crippen LogP contribution in [0.15, 0.2) is 0 Å². The first-order chi connectivity index (χ1) is 5.34. The highest BCUT2D eigenvalue weighted by molar-refractivity contribution is 4.74. The average molecular weight is 157 g/mol. The maximum absolute atomic E-state index is 9.48. The Morgan fingerprint density at radius 3 is 2.45 bits per heavy atom. The van der Waals surface area contributed by atoms with E-state index in [0.29, 0.717) is 12.3 Å². The molecule has 0 aromatic carbocycles. The van der Waals surface area contributed by atoms with Crippen LogP contribution in [0.5, 0.6) is 0 Å². The zero-order valence-corrected chi connectivity index (χ0v) is 6.87. The smallest absolute Gasteiger partial charge is 0.0824 e. The van der Waals surface area contributed by atoms with Crippen LogP contribution >= 0.6 is 0 Å². The van der Waals surface area contributed by atoms with Crippen LogP contribution in [0.25, 0.3) is 0 Å². The molecular weight excluding hydrogens is 140 g/mol. The molecule has 0 aromatic heterocycles. The van der Waals surface area contributed by atoms with E-state index in [4.69, 9.17) is 5.11 Å². The first-order valence-corrected chi connectivity index (χ1v) is 4.48. The number of hydrogen-bond donors (Lipinski definition) is 2. The molecule has 1 aliphatic carbocycles. The molecule has 1 radical (unpaired) electrons. The second-order valence-corrected chi connectivity index (χ2v) is 3.38. The van der Waals surface area contributed by atoms with Crippen LogP contribution in [-0.2, 0) is 0 Å². The molecule has 0 aliphatic heterocycles. The third kappa shape index (κ3) is 2.80. The molecule has 1 aliphatic rings. The minimum atomic E-state index is -0.305. The summed E-state index contributed by atoms with van der Waals surface area (Å²) in [6.07, 6.45) is 6.20. The fourth-order valence-corrected chi connectivity index (χ4v) is 1.82. The molecule has 0 bridgehead atoms. The van der Waals surface area contributed by atoms with Crippen molar-refractivity contribution in [1.82, 2.24) is 0 Å². The summed E-state index contributed by atoms with van der Waals surface area (Å²) in [5.74, 6) is 0.437. The van der Waals surface area contributed by atoms with Crippen molar-refractivity contribution in [2.24, 2.45) is 5.92 Å². The van der Waals surface area contributed by atoms with E-state index < -0.39 is 0 Å². The van der Waals surface area contributed by atoms with E-state index in [1.165, 1.54) is 19.3 Å². The Hall–Kier alpha value is -0.0800. The molecule has 11 heavy (non-hydrogen) atoms. The Morgan fingerprint density at radius 2 is 1.91 bits per heavy atom. The maximum Gasteiger partial charge on any atom is 0.0824 e. The van der Waals surface area contributed by atoms with Crippen molar-refractivity contribution in [2.45, 2.75) is 44.6 Å². The molecule has 1 atom stereocenters. The van der Waals surface area contributed by atoms with Gasteiger partial charge in [-0.2, -0.15) is 0 Å². The predicted octanol–water partition coefficient (Wildman–Crippen LogP) is 1.85. The van der Waals surface area contributed by atoms with Gasteiger partial charge >= 0.3 is 0 Å². The maximum atomic E-state index is 9.48. The Balaban J connectivity index is 2.21. The summed E-state index contributed by atoms with van der Waals surface area (Å²) < 4.78 is 0. The van der Waals surface area contributed by atoms with Crippen LogP contribution in [0, 0.1) is 12.5 Å². The van der Waals surface area contributed by atoms with Gasteiger partial charge in [-0.1, -0.05) is 19.3 Å². The lowest BCUT2D eigenvalue weighted by atomic mass is 9.84. The minimum absolute atomic E-state index is 0.305. The summed E-state index contributed by atoms with van der Waals surface area (Å²) in [7, 11) is 0. The van der Waals surface area contributed by atoms with Crippen molar-refractivity contribution in [1.29, 1.82) is 0 Å². The topological polar surface area (TPSA) is 40.5 Å². The van der Waals surface area contributed by atoms with E-state index in [1.807, 2.05) is 0 Å². The van der Waals surface area contributed by atoms with Gasteiger partial charge in [0.2, 0.25) is 0 Å². The lowest BCUT2D eigenvalue weighted by Crippen LogP contribution is -2.22. The summed E-state index contributed by atoms with van der Waals surface area (Å²) in [5.41, 5.74) is 0. The number of rotatable bonds is 3. The van der Waals surface area contributed by atoms with Crippen molar-refractivity contribution in [3.63, 3.8) is 0 Å². The lowest BCUT2D eigenvalue weighted by molar-refractivity contribution is 0.0737. The van der Waals surface area contributed by atoms with Crippen molar-refractivity contribution < 1.29 is 10.2 Å². The highest BCUT2D eigenvalue weighted by Gasteiger charge is 2.20. The Bertz CT molecular complexity index is 97.7. The van der Waals surface area contributed by atoms with E-state index in [9.17, 15) is 5.11 Å². The van der Waals surface area contributed by atoms with E-state index in [1.54, 1.807) is 0 Å². The van der Waals surface area contributed by atoms with Crippen molar-refractivity contribution in [2.75, 3.05) is 0 Å². The van der Waals surface area contributed by atoms with Gasteiger partial charge in [-0.25, -0.2) is 0 Å².